The number of nitrogens with zero attached hydrogens (tertiary/aromatic N) is 7. The van der Waals surface area contributed by atoms with Gasteiger partial charge in [0.2, 0.25) is 16.0 Å². The van der Waals surface area contributed by atoms with Gasteiger partial charge in [-0.05, 0) is 50.1 Å². The summed E-state index contributed by atoms with van der Waals surface area (Å²) in [6.07, 6.45) is 10.6. The molecule has 13 nitrogen and oxygen atoms in total. The summed E-state index contributed by atoms with van der Waals surface area (Å²) < 4.78 is 33.1. The maximum absolute atomic E-state index is 12.3. The van der Waals surface area contributed by atoms with Gasteiger partial charge in [0.15, 0.2) is 0 Å². The molecule has 2 fully saturated rings. The SMILES string of the molecule is C=Cc1cnc(Nc2cc(CC)c(N3CCC(N4CCN(C)CC4)CC3)cc2OC)nc1Nc1ccc2nccnc2c1NS(C)(=O)=O. The molecule has 0 bridgehead atoms. The summed E-state index contributed by atoms with van der Waals surface area (Å²) in [4.78, 5) is 25.6. The van der Waals surface area contributed by atoms with Crippen LogP contribution >= 0.6 is 0 Å². The van der Waals surface area contributed by atoms with Gasteiger partial charge in [-0.2, -0.15) is 4.98 Å². The van der Waals surface area contributed by atoms with Crippen LogP contribution in [0.5, 0.6) is 5.75 Å². The van der Waals surface area contributed by atoms with Crippen molar-refractivity contribution in [3.8, 4) is 5.75 Å². The molecule has 2 aliphatic rings. The van der Waals surface area contributed by atoms with Crippen molar-refractivity contribution in [3.05, 3.63) is 60.6 Å². The molecule has 0 amide bonds. The Morgan fingerprint density at radius 2 is 1.75 bits per heavy atom. The fraction of sp³-hybridized carbons (Fsp3) is 0.412. The Morgan fingerprint density at radius 1 is 1.00 bits per heavy atom. The molecular formula is C34H44N10O3S. The third-order valence-electron chi connectivity index (χ3n) is 9.11. The van der Waals surface area contributed by atoms with Gasteiger partial charge < -0.3 is 25.2 Å². The molecule has 0 saturated carbocycles. The van der Waals surface area contributed by atoms with Gasteiger partial charge >= 0.3 is 0 Å². The summed E-state index contributed by atoms with van der Waals surface area (Å²) in [5, 5.41) is 6.62. The molecule has 48 heavy (non-hydrogen) atoms. The number of fused-ring (bicyclic) bond motifs is 1. The van der Waals surface area contributed by atoms with E-state index < -0.39 is 10.0 Å². The maximum Gasteiger partial charge on any atom is 0.229 e. The number of methoxy groups -OCH3 is 1. The normalized spacial score (nSPS) is 16.5. The zero-order valence-corrected chi connectivity index (χ0v) is 28.8. The number of hydrogen-bond donors (Lipinski definition) is 3. The molecule has 0 atom stereocenters. The number of hydrogen-bond acceptors (Lipinski definition) is 12. The first kappa shape index (κ1) is 33.4. The van der Waals surface area contributed by atoms with Crippen LogP contribution in [0.2, 0.25) is 0 Å². The number of ether oxygens (including phenoxy) is 1. The zero-order valence-electron chi connectivity index (χ0n) is 28.0. The van der Waals surface area contributed by atoms with Crippen LogP contribution in [0.25, 0.3) is 17.1 Å². The van der Waals surface area contributed by atoms with Crippen molar-refractivity contribution < 1.29 is 13.2 Å². The second-order valence-corrected chi connectivity index (χ2v) is 14.1. The molecular weight excluding hydrogens is 629 g/mol. The van der Waals surface area contributed by atoms with E-state index >= 15 is 0 Å². The highest BCUT2D eigenvalue weighted by Gasteiger charge is 2.28. The van der Waals surface area contributed by atoms with Crippen molar-refractivity contribution in [2.75, 3.05) is 79.9 Å². The first-order chi connectivity index (χ1) is 23.1. The lowest BCUT2D eigenvalue weighted by Crippen LogP contribution is -2.52. The van der Waals surface area contributed by atoms with Crippen molar-refractivity contribution in [2.45, 2.75) is 32.2 Å². The van der Waals surface area contributed by atoms with Gasteiger partial charge in [-0.1, -0.05) is 19.6 Å². The number of benzene rings is 2. The second-order valence-electron chi connectivity index (χ2n) is 12.3. The molecule has 2 saturated heterocycles. The van der Waals surface area contributed by atoms with Crippen LogP contribution in [0.1, 0.15) is 30.9 Å². The van der Waals surface area contributed by atoms with Gasteiger partial charge in [0.25, 0.3) is 0 Å². The first-order valence-electron chi connectivity index (χ1n) is 16.3. The third kappa shape index (κ3) is 7.45. The minimum absolute atomic E-state index is 0.267. The average molecular weight is 673 g/mol. The van der Waals surface area contributed by atoms with Crippen molar-refractivity contribution >= 4 is 61.6 Å². The zero-order chi connectivity index (χ0) is 33.8. The number of nitrogens with one attached hydrogen (secondary N) is 3. The van der Waals surface area contributed by atoms with Gasteiger partial charge in [-0.15, -0.1) is 0 Å². The van der Waals surface area contributed by atoms with Gasteiger partial charge in [0, 0.05) is 81.2 Å². The van der Waals surface area contributed by atoms with Crippen LogP contribution in [-0.2, 0) is 16.4 Å². The van der Waals surface area contributed by atoms with Gasteiger partial charge in [-0.3, -0.25) is 19.6 Å². The predicted molar refractivity (Wildman–Crippen MR) is 193 cm³/mol. The molecule has 0 unspecified atom stereocenters. The van der Waals surface area contributed by atoms with Crippen LogP contribution in [0.15, 0.2) is 49.4 Å². The summed E-state index contributed by atoms with van der Waals surface area (Å²) >= 11 is 0. The number of piperazine rings is 1. The molecule has 2 aliphatic heterocycles. The highest BCUT2D eigenvalue weighted by molar-refractivity contribution is 7.92. The maximum atomic E-state index is 12.3. The van der Waals surface area contributed by atoms with E-state index in [1.807, 2.05) is 0 Å². The fourth-order valence-electron chi connectivity index (χ4n) is 6.50. The predicted octanol–water partition coefficient (Wildman–Crippen LogP) is 4.71. The first-order valence-corrected chi connectivity index (χ1v) is 18.2. The van der Waals surface area contributed by atoms with Crippen LogP contribution in [0, 0.1) is 0 Å². The number of sulfonamides is 1. The lowest BCUT2D eigenvalue weighted by Gasteiger charge is -2.43. The highest BCUT2D eigenvalue weighted by Crippen LogP contribution is 2.38. The fourth-order valence-corrected chi connectivity index (χ4v) is 7.07. The Labute approximate surface area is 282 Å². The average Bonchev–Trinajstić information content (AvgIpc) is 3.09. The van der Waals surface area contributed by atoms with E-state index in [1.54, 1.807) is 37.7 Å². The van der Waals surface area contributed by atoms with E-state index in [2.05, 4.69) is 77.7 Å². The minimum Gasteiger partial charge on any atom is -0.494 e. The van der Waals surface area contributed by atoms with E-state index in [0.717, 1.165) is 70.5 Å². The standard InChI is InChI=1S/C34H44N10O3S/c1-6-23-20-28(30(47-4)21-29(23)44-14-10-25(11-15-44)43-18-16-42(3)17-19-43)39-34-37-22-24(7-2)33(40-34)38-27-9-8-26-31(36-13-12-35-26)32(27)41-48(5,45)46/h7-9,12-13,20-22,25,41H,2,6,10-11,14-19H2,1,3-5H3,(H2,37,38,39,40). The quantitative estimate of drug-likeness (QED) is 0.203. The van der Waals surface area contributed by atoms with Gasteiger partial charge in [-0.25, -0.2) is 13.4 Å². The molecule has 4 aromatic rings. The molecule has 4 heterocycles. The molecule has 0 spiro atoms. The summed E-state index contributed by atoms with van der Waals surface area (Å²) in [5.41, 5.74) is 5.46. The van der Waals surface area contributed by atoms with E-state index in [9.17, 15) is 8.42 Å². The van der Waals surface area contributed by atoms with Crippen LogP contribution < -0.4 is 25.0 Å². The molecule has 6 rings (SSSR count). The molecule has 0 radical (unpaired) electrons. The van der Waals surface area contributed by atoms with Crippen molar-refractivity contribution in [1.82, 2.24) is 29.7 Å². The van der Waals surface area contributed by atoms with Crippen molar-refractivity contribution in [2.24, 2.45) is 0 Å². The molecule has 3 N–H and O–H groups in total. The number of piperidine rings is 1. The highest BCUT2D eigenvalue weighted by atomic mass is 32.2. The van der Waals surface area contributed by atoms with E-state index in [1.165, 1.54) is 17.4 Å². The number of anilines is 6. The topological polar surface area (TPSA) is 141 Å². The summed E-state index contributed by atoms with van der Waals surface area (Å²) in [6, 6.07) is 8.38. The van der Waals surface area contributed by atoms with E-state index in [-0.39, 0.29) is 5.69 Å². The van der Waals surface area contributed by atoms with Crippen molar-refractivity contribution in [3.63, 3.8) is 0 Å². The third-order valence-corrected chi connectivity index (χ3v) is 9.68. The van der Waals surface area contributed by atoms with Crippen molar-refractivity contribution in [1.29, 1.82) is 0 Å². The molecule has 0 aliphatic carbocycles. The second kappa shape index (κ2) is 14.3. The number of likely N-dealkylation sites (N-methyl/N-ethyl adjacent to an activating group) is 1. The largest absolute Gasteiger partial charge is 0.494 e. The number of aromatic nitrogens is 4. The Morgan fingerprint density at radius 3 is 2.44 bits per heavy atom. The van der Waals surface area contributed by atoms with Gasteiger partial charge in [0.05, 0.1) is 35.9 Å². The number of aryl methyl sites for hydroxylation is 1. The van der Waals surface area contributed by atoms with Crippen LogP contribution in [0.3, 0.4) is 0 Å². The summed E-state index contributed by atoms with van der Waals surface area (Å²) in [5.74, 6) is 1.46. The Balaban J connectivity index is 1.24. The molecule has 2 aromatic heterocycles. The molecule has 2 aromatic carbocycles. The lowest BCUT2D eigenvalue weighted by molar-refractivity contribution is 0.0982. The molecule has 14 heteroatoms. The Kier molecular flexibility index (Phi) is 9.94. The van der Waals surface area contributed by atoms with Crippen LogP contribution in [0.4, 0.5) is 34.5 Å². The van der Waals surface area contributed by atoms with Gasteiger partial charge in [0.1, 0.15) is 17.1 Å². The monoisotopic (exact) mass is 672 g/mol. The Bertz CT molecular complexity index is 1890. The molecule has 254 valence electrons. The summed E-state index contributed by atoms with van der Waals surface area (Å²) in [7, 11) is 0.245. The minimum atomic E-state index is -3.63. The van der Waals surface area contributed by atoms with Crippen LogP contribution in [-0.4, -0.2) is 104 Å². The number of rotatable bonds is 11. The van der Waals surface area contributed by atoms with E-state index in [0.29, 0.717) is 45.8 Å². The summed E-state index contributed by atoms with van der Waals surface area (Å²) in [6.45, 7) is 12.7. The smallest absolute Gasteiger partial charge is 0.229 e. The lowest BCUT2D eigenvalue weighted by atomic mass is 9.99. The Hall–Kier alpha value is -4.53. The van der Waals surface area contributed by atoms with E-state index in [4.69, 9.17) is 9.72 Å².